The van der Waals surface area contributed by atoms with Crippen molar-refractivity contribution in [1.82, 2.24) is 0 Å². The SMILES string of the molecule is CCc1ccccc1N1CCOC(CCC(=O)O)C1. The van der Waals surface area contributed by atoms with Crippen LogP contribution in [0.15, 0.2) is 24.3 Å². The van der Waals surface area contributed by atoms with E-state index in [1.54, 1.807) is 0 Å². The van der Waals surface area contributed by atoms with Gasteiger partial charge in [0.25, 0.3) is 0 Å². The molecule has 19 heavy (non-hydrogen) atoms. The molecule has 104 valence electrons. The Labute approximate surface area is 114 Å². The number of aliphatic carboxylic acids is 1. The lowest BCUT2D eigenvalue weighted by molar-refractivity contribution is -0.137. The molecule has 1 atom stereocenters. The van der Waals surface area contributed by atoms with Gasteiger partial charge in [0, 0.05) is 25.2 Å². The van der Waals surface area contributed by atoms with Crippen LogP contribution in [-0.4, -0.2) is 36.9 Å². The monoisotopic (exact) mass is 263 g/mol. The summed E-state index contributed by atoms with van der Waals surface area (Å²) >= 11 is 0. The van der Waals surface area contributed by atoms with Crippen LogP contribution in [0.3, 0.4) is 0 Å². The van der Waals surface area contributed by atoms with Crippen molar-refractivity contribution in [2.24, 2.45) is 0 Å². The van der Waals surface area contributed by atoms with E-state index in [0.717, 1.165) is 19.5 Å². The summed E-state index contributed by atoms with van der Waals surface area (Å²) in [5.41, 5.74) is 2.59. The summed E-state index contributed by atoms with van der Waals surface area (Å²) in [4.78, 5) is 12.9. The lowest BCUT2D eigenvalue weighted by atomic mass is 10.1. The van der Waals surface area contributed by atoms with Gasteiger partial charge in [-0.15, -0.1) is 0 Å². The van der Waals surface area contributed by atoms with E-state index >= 15 is 0 Å². The number of carboxylic acids is 1. The third kappa shape index (κ3) is 3.70. The van der Waals surface area contributed by atoms with Gasteiger partial charge in [0.2, 0.25) is 0 Å². The van der Waals surface area contributed by atoms with E-state index in [1.807, 2.05) is 0 Å². The Morgan fingerprint density at radius 2 is 2.26 bits per heavy atom. The first-order valence-corrected chi connectivity index (χ1v) is 6.87. The van der Waals surface area contributed by atoms with E-state index < -0.39 is 5.97 Å². The number of ether oxygens (including phenoxy) is 1. The third-order valence-electron chi connectivity index (χ3n) is 3.53. The molecule has 4 heteroatoms. The minimum absolute atomic E-state index is 0.0229. The summed E-state index contributed by atoms with van der Waals surface area (Å²) in [6.07, 6.45) is 1.79. The highest BCUT2D eigenvalue weighted by molar-refractivity contribution is 5.66. The molecular formula is C15H21NO3. The zero-order valence-electron chi connectivity index (χ0n) is 11.3. The molecular weight excluding hydrogens is 242 g/mol. The summed E-state index contributed by atoms with van der Waals surface area (Å²) in [6, 6.07) is 8.40. The van der Waals surface area contributed by atoms with E-state index in [-0.39, 0.29) is 12.5 Å². The van der Waals surface area contributed by atoms with Crippen molar-refractivity contribution in [3.63, 3.8) is 0 Å². The molecule has 1 fully saturated rings. The van der Waals surface area contributed by atoms with Gasteiger partial charge in [-0.2, -0.15) is 0 Å². The van der Waals surface area contributed by atoms with Gasteiger partial charge in [-0.05, 0) is 24.5 Å². The molecule has 1 unspecified atom stereocenters. The largest absolute Gasteiger partial charge is 0.481 e. The van der Waals surface area contributed by atoms with Gasteiger partial charge in [-0.3, -0.25) is 4.79 Å². The predicted octanol–water partition coefficient (Wildman–Crippen LogP) is 2.32. The average molecular weight is 263 g/mol. The second-order valence-electron chi connectivity index (χ2n) is 4.85. The molecule has 1 N–H and O–H groups in total. The molecule has 0 amide bonds. The molecule has 0 bridgehead atoms. The smallest absolute Gasteiger partial charge is 0.303 e. The highest BCUT2D eigenvalue weighted by atomic mass is 16.5. The van der Waals surface area contributed by atoms with Crippen LogP contribution in [0.2, 0.25) is 0 Å². The van der Waals surface area contributed by atoms with Crippen molar-refractivity contribution in [3.05, 3.63) is 29.8 Å². The molecule has 4 nitrogen and oxygen atoms in total. The van der Waals surface area contributed by atoms with Gasteiger partial charge in [0.1, 0.15) is 0 Å². The number of anilines is 1. The topological polar surface area (TPSA) is 49.8 Å². The summed E-state index contributed by atoms with van der Waals surface area (Å²) in [5, 5.41) is 8.74. The Morgan fingerprint density at radius 3 is 3.00 bits per heavy atom. The number of nitrogens with zero attached hydrogens (tertiary/aromatic N) is 1. The second-order valence-corrected chi connectivity index (χ2v) is 4.85. The fourth-order valence-corrected chi connectivity index (χ4v) is 2.52. The summed E-state index contributed by atoms with van der Waals surface area (Å²) in [7, 11) is 0. The number of benzene rings is 1. The van der Waals surface area contributed by atoms with E-state index in [4.69, 9.17) is 9.84 Å². The van der Waals surface area contributed by atoms with Crippen LogP contribution in [0.25, 0.3) is 0 Å². The lowest BCUT2D eigenvalue weighted by Crippen LogP contribution is -2.43. The highest BCUT2D eigenvalue weighted by Crippen LogP contribution is 2.24. The maximum absolute atomic E-state index is 10.6. The van der Waals surface area contributed by atoms with E-state index in [0.29, 0.717) is 13.0 Å². The second kappa shape index (κ2) is 6.57. The minimum atomic E-state index is -0.755. The van der Waals surface area contributed by atoms with Crippen molar-refractivity contribution in [3.8, 4) is 0 Å². The molecule has 0 spiro atoms. The number of rotatable bonds is 5. The van der Waals surface area contributed by atoms with Gasteiger partial charge in [0.05, 0.1) is 12.7 Å². The maximum Gasteiger partial charge on any atom is 0.303 e. The Morgan fingerprint density at radius 1 is 1.47 bits per heavy atom. The van der Waals surface area contributed by atoms with Gasteiger partial charge in [0.15, 0.2) is 0 Å². The van der Waals surface area contributed by atoms with Gasteiger partial charge in [-0.1, -0.05) is 25.1 Å². The zero-order valence-corrected chi connectivity index (χ0v) is 11.3. The first-order valence-electron chi connectivity index (χ1n) is 6.87. The molecule has 0 aromatic heterocycles. The third-order valence-corrected chi connectivity index (χ3v) is 3.53. The normalized spacial score (nSPS) is 19.4. The van der Waals surface area contributed by atoms with Gasteiger partial charge in [-0.25, -0.2) is 0 Å². The van der Waals surface area contributed by atoms with Crippen molar-refractivity contribution < 1.29 is 14.6 Å². The van der Waals surface area contributed by atoms with Crippen molar-refractivity contribution in [2.45, 2.75) is 32.3 Å². The van der Waals surface area contributed by atoms with Crippen LogP contribution in [0.4, 0.5) is 5.69 Å². The Hall–Kier alpha value is -1.55. The Kier molecular flexibility index (Phi) is 4.80. The maximum atomic E-state index is 10.6. The van der Waals surface area contributed by atoms with Crippen molar-refractivity contribution >= 4 is 11.7 Å². The fourth-order valence-electron chi connectivity index (χ4n) is 2.52. The van der Waals surface area contributed by atoms with Crippen LogP contribution in [0.5, 0.6) is 0 Å². The Balaban J connectivity index is 2.02. The zero-order chi connectivity index (χ0) is 13.7. The fraction of sp³-hybridized carbons (Fsp3) is 0.533. The summed E-state index contributed by atoms with van der Waals surface area (Å²) < 4.78 is 5.65. The molecule has 1 aromatic rings. The molecule has 0 radical (unpaired) electrons. The Bertz CT molecular complexity index is 433. The number of morpholine rings is 1. The summed E-state index contributed by atoms with van der Waals surface area (Å²) in [5.74, 6) is -0.755. The highest BCUT2D eigenvalue weighted by Gasteiger charge is 2.22. The first-order chi connectivity index (χ1) is 9.20. The van der Waals surface area contributed by atoms with E-state index in [1.165, 1.54) is 11.3 Å². The standard InChI is InChI=1S/C15H21NO3/c1-2-12-5-3-4-6-14(12)16-9-10-19-13(11-16)7-8-15(17)18/h3-6,13H,2,7-11H2,1H3,(H,17,18). The molecule has 1 aliphatic rings. The van der Waals surface area contributed by atoms with Crippen LogP contribution in [0, 0.1) is 0 Å². The molecule has 0 aliphatic carbocycles. The van der Waals surface area contributed by atoms with Crippen LogP contribution in [-0.2, 0) is 16.0 Å². The van der Waals surface area contributed by atoms with Crippen LogP contribution >= 0.6 is 0 Å². The quantitative estimate of drug-likeness (QED) is 0.885. The van der Waals surface area contributed by atoms with Gasteiger partial charge >= 0.3 is 5.97 Å². The number of carbonyl (C=O) groups is 1. The average Bonchev–Trinajstić information content (AvgIpc) is 2.45. The predicted molar refractivity (Wildman–Crippen MR) is 74.6 cm³/mol. The molecule has 0 saturated carbocycles. The molecule has 1 aliphatic heterocycles. The van der Waals surface area contributed by atoms with Crippen molar-refractivity contribution in [2.75, 3.05) is 24.6 Å². The number of hydrogen-bond acceptors (Lipinski definition) is 3. The molecule has 1 saturated heterocycles. The molecule has 1 heterocycles. The van der Waals surface area contributed by atoms with Crippen LogP contribution < -0.4 is 4.90 Å². The van der Waals surface area contributed by atoms with Crippen LogP contribution in [0.1, 0.15) is 25.3 Å². The van der Waals surface area contributed by atoms with E-state index in [2.05, 4.69) is 36.1 Å². The number of aryl methyl sites for hydroxylation is 1. The van der Waals surface area contributed by atoms with E-state index in [9.17, 15) is 4.79 Å². The first kappa shape index (κ1) is 13.9. The summed E-state index contributed by atoms with van der Waals surface area (Å²) in [6.45, 7) is 4.48. The molecule has 2 rings (SSSR count). The number of para-hydroxylation sites is 1. The van der Waals surface area contributed by atoms with Gasteiger partial charge < -0.3 is 14.7 Å². The minimum Gasteiger partial charge on any atom is -0.481 e. The van der Waals surface area contributed by atoms with Crippen molar-refractivity contribution in [1.29, 1.82) is 0 Å². The number of hydrogen-bond donors (Lipinski definition) is 1. The number of carboxylic acid groups (broad SMARTS) is 1. The molecule has 1 aromatic carbocycles. The lowest BCUT2D eigenvalue weighted by Gasteiger charge is -2.35.